The smallest absolute Gasteiger partial charge is 0.250 e. The maximum Gasteiger partial charge on any atom is 0.250 e. The van der Waals surface area contributed by atoms with Gasteiger partial charge in [0.2, 0.25) is 5.91 Å². The van der Waals surface area contributed by atoms with Crippen molar-refractivity contribution in [3.63, 3.8) is 0 Å². The Balaban J connectivity index is 1.74. The van der Waals surface area contributed by atoms with E-state index in [1.165, 1.54) is 6.08 Å². The van der Waals surface area contributed by atoms with Crippen molar-refractivity contribution in [1.29, 1.82) is 0 Å². The minimum absolute atomic E-state index is 0.0659. The van der Waals surface area contributed by atoms with Crippen LogP contribution in [0.5, 0.6) is 0 Å². The average molecular weight is 356 g/mol. The zero-order valence-electron chi connectivity index (χ0n) is 15.2. The third kappa shape index (κ3) is 4.19. The Morgan fingerprint density at radius 2 is 2.15 bits per heavy atom. The van der Waals surface area contributed by atoms with Crippen molar-refractivity contribution in [2.75, 3.05) is 4.90 Å². The molecule has 8 heteroatoms. The van der Waals surface area contributed by atoms with Crippen molar-refractivity contribution in [2.45, 2.75) is 52.4 Å². The van der Waals surface area contributed by atoms with Gasteiger partial charge in [0.15, 0.2) is 0 Å². The second-order valence-electron chi connectivity index (χ2n) is 6.46. The van der Waals surface area contributed by atoms with Crippen LogP contribution < -0.4 is 10.2 Å². The van der Waals surface area contributed by atoms with Crippen LogP contribution in [0.25, 0.3) is 0 Å². The number of carbonyl (C=O) groups is 2. The predicted octanol–water partition coefficient (Wildman–Crippen LogP) is 1.41. The molecule has 0 aliphatic heterocycles. The van der Waals surface area contributed by atoms with Crippen molar-refractivity contribution >= 4 is 17.5 Å². The summed E-state index contributed by atoms with van der Waals surface area (Å²) in [7, 11) is 0. The third-order valence-corrected chi connectivity index (χ3v) is 4.32. The lowest BCUT2D eigenvalue weighted by Gasteiger charge is -2.18. The minimum atomic E-state index is -0.226. The van der Waals surface area contributed by atoms with Gasteiger partial charge in [-0.15, -0.1) is 0 Å². The Labute approximate surface area is 152 Å². The molecule has 26 heavy (non-hydrogen) atoms. The first kappa shape index (κ1) is 17.9. The van der Waals surface area contributed by atoms with Crippen LogP contribution in [0.2, 0.25) is 0 Å². The Kier molecular flexibility index (Phi) is 5.20. The van der Waals surface area contributed by atoms with Gasteiger partial charge in [-0.05, 0) is 32.8 Å². The lowest BCUT2D eigenvalue weighted by Crippen LogP contribution is -2.30. The largest absolute Gasteiger partial charge is 0.352 e. The van der Waals surface area contributed by atoms with Gasteiger partial charge in [0.25, 0.3) is 5.91 Å². The normalized spacial score (nSPS) is 13.5. The van der Waals surface area contributed by atoms with E-state index in [4.69, 9.17) is 0 Å². The molecule has 1 fully saturated rings. The molecule has 0 bridgehead atoms. The van der Waals surface area contributed by atoms with E-state index in [9.17, 15) is 9.59 Å². The van der Waals surface area contributed by atoms with Crippen LogP contribution in [-0.4, -0.2) is 37.4 Å². The van der Waals surface area contributed by atoms with Crippen LogP contribution in [0.15, 0.2) is 31.2 Å². The van der Waals surface area contributed by atoms with Crippen LogP contribution >= 0.6 is 0 Å². The Hall–Kier alpha value is -2.90. The summed E-state index contributed by atoms with van der Waals surface area (Å²) in [4.78, 5) is 25.9. The lowest BCUT2D eigenvalue weighted by atomic mass is 10.2. The molecule has 2 aromatic heterocycles. The van der Waals surface area contributed by atoms with Crippen molar-refractivity contribution in [2.24, 2.45) is 0 Å². The molecule has 3 rings (SSSR count). The molecule has 8 nitrogen and oxygen atoms in total. The molecular formula is C18H24N6O2. The second kappa shape index (κ2) is 7.55. The Morgan fingerprint density at radius 1 is 1.38 bits per heavy atom. The van der Waals surface area contributed by atoms with Crippen LogP contribution in [0.4, 0.5) is 5.69 Å². The molecule has 1 aliphatic carbocycles. The van der Waals surface area contributed by atoms with E-state index in [2.05, 4.69) is 22.1 Å². The van der Waals surface area contributed by atoms with Gasteiger partial charge < -0.3 is 10.2 Å². The summed E-state index contributed by atoms with van der Waals surface area (Å²) < 4.78 is 3.38. The summed E-state index contributed by atoms with van der Waals surface area (Å²) in [6.07, 6.45) is 8.59. The molecule has 0 atom stereocenters. The molecule has 0 aromatic carbocycles. The molecule has 0 spiro atoms. The first-order valence-corrected chi connectivity index (χ1v) is 8.78. The zero-order chi connectivity index (χ0) is 18.7. The fourth-order valence-corrected chi connectivity index (χ4v) is 2.68. The number of hydrogen-bond donors (Lipinski definition) is 1. The van der Waals surface area contributed by atoms with Crippen molar-refractivity contribution < 1.29 is 9.59 Å². The molecule has 1 N–H and O–H groups in total. The topological polar surface area (TPSA) is 85.1 Å². The highest BCUT2D eigenvalue weighted by Crippen LogP contribution is 2.20. The van der Waals surface area contributed by atoms with E-state index in [-0.39, 0.29) is 18.4 Å². The summed E-state index contributed by atoms with van der Waals surface area (Å²) in [6, 6.07) is 0.314. The van der Waals surface area contributed by atoms with E-state index in [0.717, 1.165) is 30.6 Å². The molecule has 1 aliphatic rings. The standard InChI is InChI=1S/C18H24N6O2/c1-4-18(26)24(10-14-9-22(5-2)21-13(14)3)16-8-19-23(11-16)12-17(25)20-15-6-7-15/h4,8-9,11,15H,1,5-7,10,12H2,2-3H3,(H,20,25). The lowest BCUT2D eigenvalue weighted by molar-refractivity contribution is -0.122. The highest BCUT2D eigenvalue weighted by molar-refractivity contribution is 6.00. The maximum absolute atomic E-state index is 12.4. The predicted molar refractivity (Wildman–Crippen MR) is 97.4 cm³/mol. The van der Waals surface area contributed by atoms with Gasteiger partial charge >= 0.3 is 0 Å². The van der Waals surface area contributed by atoms with Crippen molar-refractivity contribution in [1.82, 2.24) is 24.9 Å². The molecule has 0 saturated heterocycles. The SMILES string of the molecule is C=CC(=O)N(Cc1cn(CC)nc1C)c1cnn(CC(=O)NC2CC2)c1. The number of rotatable bonds is 8. The second-order valence-corrected chi connectivity index (χ2v) is 6.46. The van der Waals surface area contributed by atoms with E-state index >= 15 is 0 Å². The van der Waals surface area contributed by atoms with Gasteiger partial charge in [-0.25, -0.2) is 0 Å². The number of anilines is 1. The maximum atomic E-state index is 12.4. The molecule has 0 unspecified atom stereocenters. The van der Waals surface area contributed by atoms with Crippen LogP contribution in [0, 0.1) is 6.92 Å². The Morgan fingerprint density at radius 3 is 2.77 bits per heavy atom. The number of hydrogen-bond acceptors (Lipinski definition) is 4. The monoisotopic (exact) mass is 356 g/mol. The fraction of sp³-hybridized carbons (Fsp3) is 0.444. The van der Waals surface area contributed by atoms with Gasteiger partial charge in [-0.3, -0.25) is 19.0 Å². The number of nitrogens with zero attached hydrogens (tertiary/aromatic N) is 5. The van der Waals surface area contributed by atoms with Crippen molar-refractivity contribution in [3.8, 4) is 0 Å². The molecule has 2 heterocycles. The summed E-state index contributed by atoms with van der Waals surface area (Å²) in [6.45, 7) is 8.80. The van der Waals surface area contributed by atoms with Crippen LogP contribution in [0.1, 0.15) is 31.0 Å². The average Bonchev–Trinajstić information content (AvgIpc) is 3.18. The summed E-state index contributed by atoms with van der Waals surface area (Å²) in [5, 5.41) is 11.6. The quantitative estimate of drug-likeness (QED) is 0.725. The zero-order valence-corrected chi connectivity index (χ0v) is 15.2. The van der Waals surface area contributed by atoms with Crippen LogP contribution in [-0.2, 0) is 29.2 Å². The first-order chi connectivity index (χ1) is 12.5. The summed E-state index contributed by atoms with van der Waals surface area (Å²) in [5.74, 6) is -0.292. The number of aryl methyl sites for hydroxylation is 2. The number of carbonyl (C=O) groups excluding carboxylic acids is 2. The first-order valence-electron chi connectivity index (χ1n) is 8.78. The van der Waals surface area contributed by atoms with Gasteiger partial charge in [0.1, 0.15) is 6.54 Å². The number of aromatic nitrogens is 4. The molecular weight excluding hydrogens is 332 g/mol. The van der Waals surface area contributed by atoms with Gasteiger partial charge in [-0.2, -0.15) is 10.2 Å². The van der Waals surface area contributed by atoms with Gasteiger partial charge in [0, 0.05) is 30.5 Å². The number of amides is 2. The van der Waals surface area contributed by atoms with Gasteiger partial charge in [0.05, 0.1) is 24.1 Å². The van der Waals surface area contributed by atoms with E-state index in [1.54, 1.807) is 22.0 Å². The minimum Gasteiger partial charge on any atom is -0.352 e. The fourth-order valence-electron chi connectivity index (χ4n) is 2.68. The summed E-state index contributed by atoms with van der Waals surface area (Å²) in [5.41, 5.74) is 2.46. The molecule has 0 radical (unpaired) electrons. The van der Waals surface area contributed by atoms with Gasteiger partial charge in [-0.1, -0.05) is 6.58 Å². The van der Waals surface area contributed by atoms with E-state index < -0.39 is 0 Å². The Bertz CT molecular complexity index is 818. The summed E-state index contributed by atoms with van der Waals surface area (Å²) >= 11 is 0. The number of nitrogens with one attached hydrogen (secondary N) is 1. The molecule has 2 amide bonds. The molecule has 138 valence electrons. The highest BCUT2D eigenvalue weighted by Gasteiger charge is 2.23. The molecule has 1 saturated carbocycles. The van der Waals surface area contributed by atoms with Crippen molar-refractivity contribution in [3.05, 3.63) is 42.5 Å². The van der Waals surface area contributed by atoms with E-state index in [1.807, 2.05) is 24.7 Å². The molecule has 2 aromatic rings. The third-order valence-electron chi connectivity index (χ3n) is 4.32. The van der Waals surface area contributed by atoms with Crippen LogP contribution in [0.3, 0.4) is 0 Å². The highest BCUT2D eigenvalue weighted by atomic mass is 16.2. The van der Waals surface area contributed by atoms with E-state index in [0.29, 0.717) is 18.3 Å².